The Kier molecular flexibility index (Phi) is 6.33. The molecule has 1 aromatic carbocycles. The number of hydrogen-bond donors (Lipinski definition) is 1. The van der Waals surface area contributed by atoms with Gasteiger partial charge in [-0.3, -0.25) is 19.8 Å². The molecule has 11 heteroatoms. The van der Waals surface area contributed by atoms with Crippen LogP contribution in [0.15, 0.2) is 46.9 Å². The van der Waals surface area contributed by atoms with Crippen LogP contribution < -0.4 is 10.4 Å². The van der Waals surface area contributed by atoms with E-state index < -0.39 is 17.7 Å². The summed E-state index contributed by atoms with van der Waals surface area (Å²) in [6.07, 6.45) is 1.51. The maximum Gasteiger partial charge on any atom is 0.273 e. The molecule has 2 amide bonds. The van der Waals surface area contributed by atoms with Crippen LogP contribution in [0, 0.1) is 4.77 Å². The van der Waals surface area contributed by atoms with Gasteiger partial charge in [0.15, 0.2) is 0 Å². The minimum atomic E-state index is -0.478. The Labute approximate surface area is 181 Å². The Morgan fingerprint density at radius 1 is 1.17 bits per heavy atom. The minimum Gasteiger partial charge on any atom is -0.274 e. The van der Waals surface area contributed by atoms with Gasteiger partial charge in [-0.05, 0) is 34.8 Å². The average Bonchev–Trinajstić information content (AvgIpc) is 3.28. The Balaban J connectivity index is 1.97. The van der Waals surface area contributed by atoms with Gasteiger partial charge in [-0.1, -0.05) is 30.3 Å². The van der Waals surface area contributed by atoms with E-state index >= 15 is 0 Å². The summed E-state index contributed by atoms with van der Waals surface area (Å²) in [5.41, 5.74) is 4.54. The molecule has 154 valence electrons. The van der Waals surface area contributed by atoms with Crippen LogP contribution in [0.25, 0.3) is 11.1 Å². The van der Waals surface area contributed by atoms with Gasteiger partial charge in [-0.25, -0.2) is 0 Å². The summed E-state index contributed by atoms with van der Waals surface area (Å²) in [4.78, 5) is 36.4. The van der Waals surface area contributed by atoms with Crippen molar-refractivity contribution in [3.05, 3.63) is 51.4 Å². The molecule has 1 N–H and O–H groups in total. The maximum absolute atomic E-state index is 12.2. The van der Waals surface area contributed by atoms with Crippen molar-refractivity contribution in [3.63, 3.8) is 0 Å². The third-order valence-electron chi connectivity index (χ3n) is 3.84. The van der Waals surface area contributed by atoms with Crippen LogP contribution in [0.2, 0.25) is 0 Å². The first-order valence-electron chi connectivity index (χ1n) is 8.77. The third kappa shape index (κ3) is 4.58. The highest BCUT2D eigenvalue weighted by atomic mass is 32.1. The molecule has 0 aliphatic heterocycles. The smallest absolute Gasteiger partial charge is 0.273 e. The Hall–Kier alpha value is -3.44. The molecule has 2 aromatic heterocycles. The number of anilines is 1. The number of hydrogen-bond acceptors (Lipinski definition) is 7. The van der Waals surface area contributed by atoms with Crippen LogP contribution >= 0.6 is 23.6 Å². The number of amides is 2. The Morgan fingerprint density at radius 3 is 2.47 bits per heavy atom. The molecule has 3 rings (SSSR count). The van der Waals surface area contributed by atoms with Crippen LogP contribution in [-0.2, 0) is 9.59 Å². The summed E-state index contributed by atoms with van der Waals surface area (Å²) < 4.78 is 1.89. The molecule has 9 nitrogen and oxygen atoms in total. The molecule has 30 heavy (non-hydrogen) atoms. The topological polar surface area (TPSA) is 102 Å². The van der Waals surface area contributed by atoms with Gasteiger partial charge in [0.2, 0.25) is 22.5 Å². The molecular weight excluding hydrogens is 424 g/mol. The molecule has 0 spiro atoms. The number of benzene rings is 1. The molecule has 0 saturated heterocycles. The monoisotopic (exact) mass is 442 g/mol. The largest absolute Gasteiger partial charge is 0.274 e. The zero-order chi connectivity index (χ0) is 21.8. The molecule has 0 unspecified atom stereocenters. The zero-order valence-electron chi connectivity index (χ0n) is 16.4. The summed E-state index contributed by atoms with van der Waals surface area (Å²) in [6.45, 7) is 3.83. The first-order valence-corrected chi connectivity index (χ1v) is 10.1. The second-order valence-electron chi connectivity index (χ2n) is 6.20. The SMILES string of the molecule is CC(=O)Nn1c(N(N=Cc2cc(-c3ccccc3)cs2)C(C)=O)nn(C(C)=O)c1=S. The van der Waals surface area contributed by atoms with Crippen molar-refractivity contribution in [2.45, 2.75) is 20.8 Å². The molecular formula is C19H18N6O3S2. The molecule has 0 atom stereocenters. The summed E-state index contributed by atoms with van der Waals surface area (Å²) in [7, 11) is 0. The molecule has 0 saturated carbocycles. The van der Waals surface area contributed by atoms with Gasteiger partial charge < -0.3 is 0 Å². The number of nitrogens with one attached hydrogen (secondary N) is 1. The highest BCUT2D eigenvalue weighted by molar-refractivity contribution is 7.71. The van der Waals surface area contributed by atoms with Gasteiger partial charge >= 0.3 is 0 Å². The lowest BCUT2D eigenvalue weighted by atomic mass is 10.1. The first-order chi connectivity index (χ1) is 14.3. The predicted molar refractivity (Wildman–Crippen MR) is 118 cm³/mol. The fraction of sp³-hybridized carbons (Fsp3) is 0.158. The van der Waals surface area contributed by atoms with Gasteiger partial charge in [-0.15, -0.1) is 16.4 Å². The maximum atomic E-state index is 12.2. The number of carbonyl (C=O) groups excluding carboxylic acids is 3. The minimum absolute atomic E-state index is 0.0864. The van der Waals surface area contributed by atoms with E-state index in [0.717, 1.165) is 30.4 Å². The number of rotatable bonds is 5. The molecule has 0 aliphatic rings. The number of thiophene rings is 1. The van der Waals surface area contributed by atoms with Crippen molar-refractivity contribution in [1.82, 2.24) is 14.5 Å². The first kappa shape index (κ1) is 21.3. The third-order valence-corrected chi connectivity index (χ3v) is 5.07. The van der Waals surface area contributed by atoms with Crippen molar-refractivity contribution in [3.8, 4) is 11.1 Å². The normalized spacial score (nSPS) is 10.9. The van der Waals surface area contributed by atoms with Gasteiger partial charge in [0, 0.05) is 25.6 Å². The van der Waals surface area contributed by atoms with Crippen LogP contribution in [0.3, 0.4) is 0 Å². The quantitative estimate of drug-likeness (QED) is 0.371. The van der Waals surface area contributed by atoms with Gasteiger partial charge in [0.25, 0.3) is 5.95 Å². The van der Waals surface area contributed by atoms with Crippen molar-refractivity contribution in [2.75, 3.05) is 10.4 Å². The van der Waals surface area contributed by atoms with Crippen molar-refractivity contribution in [2.24, 2.45) is 5.10 Å². The summed E-state index contributed by atoms with van der Waals surface area (Å²) >= 11 is 6.65. The van der Waals surface area contributed by atoms with E-state index in [1.54, 1.807) is 0 Å². The standard InChI is InChI=1S/C19H18N6O3S2/c1-12(26)21-25-18(22-24(14(3)28)19(25)29)23(13(2)27)20-10-17-9-16(11-30-17)15-7-5-4-6-8-15/h4-11H,1-3H3,(H,21,26). The lowest BCUT2D eigenvalue weighted by Gasteiger charge is -2.14. The molecule has 0 bridgehead atoms. The number of aromatic nitrogens is 3. The number of carbonyl (C=O) groups is 3. The second-order valence-corrected chi connectivity index (χ2v) is 7.50. The highest BCUT2D eigenvalue weighted by Gasteiger charge is 2.22. The Bertz CT molecular complexity index is 1190. The van der Waals surface area contributed by atoms with Crippen molar-refractivity contribution < 1.29 is 14.4 Å². The van der Waals surface area contributed by atoms with E-state index in [4.69, 9.17) is 12.2 Å². The Morgan fingerprint density at radius 2 is 1.87 bits per heavy atom. The fourth-order valence-electron chi connectivity index (χ4n) is 2.55. The molecule has 0 aliphatic carbocycles. The van der Waals surface area contributed by atoms with E-state index in [1.807, 2.05) is 41.8 Å². The lowest BCUT2D eigenvalue weighted by Crippen LogP contribution is -2.30. The van der Waals surface area contributed by atoms with E-state index in [0.29, 0.717) is 0 Å². The summed E-state index contributed by atoms with van der Waals surface area (Å²) in [5.74, 6) is -1.50. The predicted octanol–water partition coefficient (Wildman–Crippen LogP) is 3.28. The summed E-state index contributed by atoms with van der Waals surface area (Å²) in [5, 5.41) is 11.2. The average molecular weight is 443 g/mol. The zero-order valence-corrected chi connectivity index (χ0v) is 18.0. The van der Waals surface area contributed by atoms with Crippen LogP contribution in [0.4, 0.5) is 5.95 Å². The lowest BCUT2D eigenvalue weighted by molar-refractivity contribution is -0.117. The number of hydrazone groups is 1. The van der Waals surface area contributed by atoms with E-state index in [9.17, 15) is 14.4 Å². The van der Waals surface area contributed by atoms with Crippen LogP contribution in [0.1, 0.15) is 30.4 Å². The van der Waals surface area contributed by atoms with E-state index in [-0.39, 0.29) is 10.7 Å². The van der Waals surface area contributed by atoms with Gasteiger partial charge in [-0.2, -0.15) is 19.5 Å². The van der Waals surface area contributed by atoms with Gasteiger partial charge in [0.05, 0.1) is 6.21 Å². The fourth-order valence-corrected chi connectivity index (χ4v) is 3.61. The molecule has 0 fully saturated rings. The highest BCUT2D eigenvalue weighted by Crippen LogP contribution is 2.24. The number of nitrogens with zero attached hydrogens (tertiary/aromatic N) is 5. The van der Waals surface area contributed by atoms with Gasteiger partial charge in [0.1, 0.15) is 0 Å². The second kappa shape index (κ2) is 8.93. The molecule has 0 radical (unpaired) electrons. The van der Waals surface area contributed by atoms with E-state index in [1.165, 1.54) is 38.3 Å². The van der Waals surface area contributed by atoms with E-state index in [2.05, 4.69) is 15.6 Å². The van der Waals surface area contributed by atoms with Crippen molar-refractivity contribution >= 4 is 53.4 Å². The van der Waals surface area contributed by atoms with Crippen molar-refractivity contribution in [1.29, 1.82) is 0 Å². The summed E-state index contributed by atoms with van der Waals surface area (Å²) in [6, 6.07) is 11.8. The molecule has 2 heterocycles. The van der Waals surface area contributed by atoms with Crippen LogP contribution in [-0.4, -0.2) is 38.4 Å². The van der Waals surface area contributed by atoms with Crippen LogP contribution in [0.5, 0.6) is 0 Å². The molecule has 3 aromatic rings.